The maximum absolute atomic E-state index is 13.1. The number of dihydropyridines is 1. The van der Waals surface area contributed by atoms with Gasteiger partial charge in [-0.05, 0) is 59.9 Å². The van der Waals surface area contributed by atoms with E-state index in [0.717, 1.165) is 32.5 Å². The number of esters is 1. The van der Waals surface area contributed by atoms with E-state index in [1.165, 1.54) is 0 Å². The Kier molecular flexibility index (Phi) is 5.28. The number of ketones is 1. The van der Waals surface area contributed by atoms with E-state index in [0.29, 0.717) is 18.6 Å². The Hall–Kier alpha value is -1.63. The minimum atomic E-state index is -0.373. The molecule has 1 aromatic carbocycles. The lowest BCUT2D eigenvalue weighted by atomic mass is 9.68. The average Bonchev–Trinajstić information content (AvgIpc) is 2.53. The van der Waals surface area contributed by atoms with Gasteiger partial charge >= 0.3 is 5.97 Å². The topological polar surface area (TPSA) is 55.4 Å². The largest absolute Gasteiger partial charge is 0.463 e. The van der Waals surface area contributed by atoms with Crippen LogP contribution in [0.25, 0.3) is 0 Å². The van der Waals surface area contributed by atoms with Crippen molar-refractivity contribution in [1.82, 2.24) is 5.32 Å². The smallest absolute Gasteiger partial charge is 0.336 e. The Balaban J connectivity index is 2.21. The number of Topliss-reactive ketones (excluding diaryl/α,β-unsaturated/α-hetero) is 1. The number of halogens is 1. The third-order valence-electron chi connectivity index (χ3n) is 4.95. The van der Waals surface area contributed by atoms with Gasteiger partial charge in [-0.25, -0.2) is 4.79 Å². The first-order chi connectivity index (χ1) is 12.2. The molecule has 0 radical (unpaired) electrons. The van der Waals surface area contributed by atoms with E-state index >= 15 is 0 Å². The highest BCUT2D eigenvalue weighted by Crippen LogP contribution is 2.47. The van der Waals surface area contributed by atoms with Crippen molar-refractivity contribution in [2.24, 2.45) is 5.41 Å². The van der Waals surface area contributed by atoms with Crippen LogP contribution < -0.4 is 5.32 Å². The standard InChI is InChI=1S/C21H24INO3/c1-5-26-20(25)17-12(2)23-15-10-21(3,4)11-16(24)19(15)18(17)13-8-6-7-9-14(13)22/h6-9,18,23H,5,10-11H2,1-4H3/t18-/m0/s1. The minimum Gasteiger partial charge on any atom is -0.463 e. The first-order valence-corrected chi connectivity index (χ1v) is 9.98. The zero-order chi connectivity index (χ0) is 19.1. The van der Waals surface area contributed by atoms with Crippen molar-refractivity contribution in [2.75, 3.05) is 6.61 Å². The van der Waals surface area contributed by atoms with Crippen LogP contribution in [0.2, 0.25) is 0 Å². The fraction of sp³-hybridized carbons (Fsp3) is 0.429. The van der Waals surface area contributed by atoms with E-state index in [1.54, 1.807) is 6.92 Å². The van der Waals surface area contributed by atoms with Crippen LogP contribution in [0.3, 0.4) is 0 Å². The molecule has 1 N–H and O–H groups in total. The van der Waals surface area contributed by atoms with Crippen molar-refractivity contribution in [3.63, 3.8) is 0 Å². The van der Waals surface area contributed by atoms with Gasteiger partial charge in [0.25, 0.3) is 0 Å². The van der Waals surface area contributed by atoms with Gasteiger partial charge in [0, 0.05) is 32.9 Å². The van der Waals surface area contributed by atoms with Crippen LogP contribution in [0.15, 0.2) is 46.8 Å². The predicted molar refractivity (Wildman–Crippen MR) is 109 cm³/mol. The molecule has 0 spiro atoms. The second kappa shape index (κ2) is 7.18. The summed E-state index contributed by atoms with van der Waals surface area (Å²) in [5.74, 6) is -0.615. The molecule has 4 nitrogen and oxygen atoms in total. The maximum Gasteiger partial charge on any atom is 0.336 e. The molecule has 0 amide bonds. The van der Waals surface area contributed by atoms with Gasteiger partial charge in [-0.15, -0.1) is 0 Å². The van der Waals surface area contributed by atoms with Gasteiger partial charge in [0.05, 0.1) is 12.2 Å². The number of hydrogen-bond acceptors (Lipinski definition) is 4. The molecular weight excluding hydrogens is 441 g/mol. The van der Waals surface area contributed by atoms with E-state index in [2.05, 4.69) is 41.8 Å². The summed E-state index contributed by atoms with van der Waals surface area (Å²) in [4.78, 5) is 25.9. The predicted octanol–water partition coefficient (Wildman–Crippen LogP) is 4.46. The summed E-state index contributed by atoms with van der Waals surface area (Å²) in [6.07, 6.45) is 1.28. The highest BCUT2D eigenvalue weighted by atomic mass is 127. The van der Waals surface area contributed by atoms with E-state index in [1.807, 2.05) is 31.2 Å². The fourth-order valence-corrected chi connectivity index (χ4v) is 4.63. The number of benzene rings is 1. The Morgan fingerprint density at radius 1 is 1.31 bits per heavy atom. The van der Waals surface area contributed by atoms with Crippen LogP contribution in [0.5, 0.6) is 0 Å². The van der Waals surface area contributed by atoms with Crippen molar-refractivity contribution < 1.29 is 14.3 Å². The van der Waals surface area contributed by atoms with E-state index < -0.39 is 0 Å². The number of carbonyl (C=O) groups excluding carboxylic acids is 2. The summed E-state index contributed by atoms with van der Waals surface area (Å²) in [6.45, 7) is 8.21. The van der Waals surface area contributed by atoms with Crippen LogP contribution in [-0.2, 0) is 14.3 Å². The van der Waals surface area contributed by atoms with Crippen molar-refractivity contribution >= 4 is 34.3 Å². The number of nitrogens with one attached hydrogen (secondary N) is 1. The Morgan fingerprint density at radius 2 is 2.00 bits per heavy atom. The third kappa shape index (κ3) is 3.46. The van der Waals surface area contributed by atoms with Gasteiger partial charge in [0.2, 0.25) is 0 Å². The first kappa shape index (κ1) is 19.1. The van der Waals surface area contributed by atoms with E-state index in [4.69, 9.17) is 4.74 Å². The number of rotatable bonds is 3. The van der Waals surface area contributed by atoms with Gasteiger partial charge in [0.15, 0.2) is 5.78 Å². The molecule has 0 aromatic heterocycles. The maximum atomic E-state index is 13.1. The normalized spacial score (nSPS) is 22.0. The Morgan fingerprint density at radius 3 is 2.65 bits per heavy atom. The van der Waals surface area contributed by atoms with Crippen LogP contribution in [-0.4, -0.2) is 18.4 Å². The van der Waals surface area contributed by atoms with E-state index in [9.17, 15) is 9.59 Å². The highest BCUT2D eigenvalue weighted by molar-refractivity contribution is 14.1. The van der Waals surface area contributed by atoms with E-state index in [-0.39, 0.29) is 23.1 Å². The lowest BCUT2D eigenvalue weighted by molar-refractivity contribution is -0.138. The molecule has 1 aliphatic heterocycles. The van der Waals surface area contributed by atoms with Gasteiger partial charge < -0.3 is 10.1 Å². The molecule has 0 fully saturated rings. The second-order valence-electron chi connectivity index (χ2n) is 7.67. The summed E-state index contributed by atoms with van der Waals surface area (Å²) in [6, 6.07) is 7.93. The zero-order valence-electron chi connectivity index (χ0n) is 15.6. The van der Waals surface area contributed by atoms with Crippen molar-refractivity contribution in [1.29, 1.82) is 0 Å². The van der Waals surface area contributed by atoms with Crippen LogP contribution in [0, 0.1) is 8.99 Å². The molecule has 5 heteroatoms. The molecule has 138 valence electrons. The van der Waals surface area contributed by atoms with Gasteiger partial charge in [-0.2, -0.15) is 0 Å². The quantitative estimate of drug-likeness (QED) is 0.529. The molecule has 26 heavy (non-hydrogen) atoms. The number of hydrogen-bond donors (Lipinski definition) is 1. The molecule has 3 rings (SSSR count). The number of carbonyl (C=O) groups is 2. The van der Waals surface area contributed by atoms with Gasteiger partial charge in [0.1, 0.15) is 0 Å². The summed E-state index contributed by atoms with van der Waals surface area (Å²) in [5, 5.41) is 3.35. The molecule has 2 aliphatic rings. The minimum absolute atomic E-state index is 0.0843. The molecule has 0 bridgehead atoms. The molecule has 1 heterocycles. The van der Waals surface area contributed by atoms with Crippen molar-refractivity contribution in [2.45, 2.75) is 46.5 Å². The SMILES string of the molecule is CCOC(=O)C1=C(C)NC2=C(C(=O)CC(C)(C)C2)[C@H]1c1ccccc1I. The Labute approximate surface area is 168 Å². The third-order valence-corrected chi connectivity index (χ3v) is 5.93. The Bertz CT molecular complexity index is 835. The fourth-order valence-electron chi connectivity index (χ4n) is 3.94. The van der Waals surface area contributed by atoms with Gasteiger partial charge in [-0.1, -0.05) is 32.0 Å². The molecular formula is C21H24INO3. The van der Waals surface area contributed by atoms with Crippen LogP contribution in [0.4, 0.5) is 0 Å². The van der Waals surface area contributed by atoms with Crippen LogP contribution >= 0.6 is 22.6 Å². The molecule has 0 unspecified atom stereocenters. The zero-order valence-corrected chi connectivity index (χ0v) is 17.8. The molecule has 0 saturated heterocycles. The molecule has 1 aliphatic carbocycles. The van der Waals surface area contributed by atoms with Gasteiger partial charge in [-0.3, -0.25) is 4.79 Å². The lowest BCUT2D eigenvalue weighted by Crippen LogP contribution is -2.38. The lowest BCUT2D eigenvalue weighted by Gasteiger charge is -2.39. The molecule has 1 aromatic rings. The number of ether oxygens (including phenoxy) is 1. The number of allylic oxidation sites excluding steroid dienone is 3. The van der Waals surface area contributed by atoms with Crippen LogP contribution in [0.1, 0.15) is 52.0 Å². The second-order valence-corrected chi connectivity index (χ2v) is 8.83. The van der Waals surface area contributed by atoms with Crippen molar-refractivity contribution in [3.8, 4) is 0 Å². The first-order valence-electron chi connectivity index (χ1n) is 8.90. The molecule has 1 atom stereocenters. The summed E-state index contributed by atoms with van der Waals surface area (Å²) in [5.41, 5.74) is 3.89. The summed E-state index contributed by atoms with van der Waals surface area (Å²) < 4.78 is 6.36. The summed E-state index contributed by atoms with van der Waals surface area (Å²) >= 11 is 2.27. The molecule has 0 saturated carbocycles. The summed E-state index contributed by atoms with van der Waals surface area (Å²) in [7, 11) is 0. The monoisotopic (exact) mass is 465 g/mol. The average molecular weight is 465 g/mol. The highest BCUT2D eigenvalue weighted by Gasteiger charge is 2.43. The van der Waals surface area contributed by atoms with Crippen molar-refractivity contribution in [3.05, 3.63) is 55.9 Å².